The lowest BCUT2D eigenvalue weighted by Crippen LogP contribution is -2.25. The first-order valence-electron chi connectivity index (χ1n) is 5.54. The second kappa shape index (κ2) is 6.27. The first-order chi connectivity index (χ1) is 7.65. The third kappa shape index (κ3) is 3.66. The summed E-state index contributed by atoms with van der Waals surface area (Å²) in [6.07, 6.45) is 3.33. The number of carbonyl (C=O) groups is 1. The number of aromatic amines is 1. The number of nitrogens with zero attached hydrogens (tertiary/aromatic N) is 1. The summed E-state index contributed by atoms with van der Waals surface area (Å²) in [4.78, 5) is 11.6. The molecule has 1 atom stereocenters. The number of hydrogen-bond donors (Lipinski definition) is 3. The van der Waals surface area contributed by atoms with Gasteiger partial charge >= 0.3 is 0 Å². The largest absolute Gasteiger partial charge is 0.396 e. The molecule has 5 heteroatoms. The fourth-order valence-electron chi connectivity index (χ4n) is 1.42. The first kappa shape index (κ1) is 12.7. The molecule has 0 aliphatic heterocycles. The van der Waals surface area contributed by atoms with Gasteiger partial charge in [-0.1, -0.05) is 6.92 Å². The van der Waals surface area contributed by atoms with Gasteiger partial charge in [0.05, 0.1) is 11.8 Å². The zero-order chi connectivity index (χ0) is 12.0. The molecule has 0 saturated carbocycles. The SMILES string of the molecule is Cc1[nH]ncc1C(=O)NCCCC(C)CO. The monoisotopic (exact) mass is 225 g/mol. The molecule has 0 aliphatic rings. The van der Waals surface area contributed by atoms with Crippen LogP contribution in [0.15, 0.2) is 6.20 Å². The van der Waals surface area contributed by atoms with Crippen molar-refractivity contribution in [1.29, 1.82) is 0 Å². The number of H-pyrrole nitrogens is 1. The Bertz CT molecular complexity index is 336. The van der Waals surface area contributed by atoms with Crippen LogP contribution in [0.3, 0.4) is 0 Å². The Labute approximate surface area is 95.3 Å². The minimum Gasteiger partial charge on any atom is -0.396 e. The average Bonchev–Trinajstić information content (AvgIpc) is 2.70. The molecule has 5 nitrogen and oxygen atoms in total. The van der Waals surface area contributed by atoms with Crippen LogP contribution in [-0.4, -0.2) is 34.4 Å². The molecule has 0 spiro atoms. The molecule has 0 aliphatic carbocycles. The molecule has 0 radical (unpaired) electrons. The molecule has 1 unspecified atom stereocenters. The second-order valence-corrected chi connectivity index (χ2v) is 4.09. The lowest BCUT2D eigenvalue weighted by atomic mass is 10.1. The van der Waals surface area contributed by atoms with Crippen molar-refractivity contribution in [1.82, 2.24) is 15.5 Å². The highest BCUT2D eigenvalue weighted by atomic mass is 16.3. The van der Waals surface area contributed by atoms with E-state index in [1.807, 2.05) is 13.8 Å². The van der Waals surface area contributed by atoms with Crippen molar-refractivity contribution in [3.63, 3.8) is 0 Å². The summed E-state index contributed by atoms with van der Waals surface area (Å²) in [6, 6.07) is 0. The summed E-state index contributed by atoms with van der Waals surface area (Å²) >= 11 is 0. The number of aliphatic hydroxyl groups is 1. The summed E-state index contributed by atoms with van der Waals surface area (Å²) in [6.45, 7) is 4.64. The third-order valence-electron chi connectivity index (χ3n) is 2.55. The summed E-state index contributed by atoms with van der Waals surface area (Å²) in [7, 11) is 0. The Kier molecular flexibility index (Phi) is 4.98. The fourth-order valence-corrected chi connectivity index (χ4v) is 1.42. The van der Waals surface area contributed by atoms with Gasteiger partial charge in [0.15, 0.2) is 0 Å². The highest BCUT2D eigenvalue weighted by molar-refractivity contribution is 5.94. The van der Waals surface area contributed by atoms with Crippen molar-refractivity contribution in [3.8, 4) is 0 Å². The van der Waals surface area contributed by atoms with Crippen molar-refractivity contribution >= 4 is 5.91 Å². The van der Waals surface area contributed by atoms with Crippen molar-refractivity contribution in [2.75, 3.05) is 13.2 Å². The Morgan fingerprint density at radius 1 is 1.69 bits per heavy atom. The van der Waals surface area contributed by atoms with Gasteiger partial charge in [0.1, 0.15) is 0 Å². The third-order valence-corrected chi connectivity index (χ3v) is 2.55. The fraction of sp³-hybridized carbons (Fsp3) is 0.636. The van der Waals surface area contributed by atoms with Crippen LogP contribution >= 0.6 is 0 Å². The molecular weight excluding hydrogens is 206 g/mol. The van der Waals surface area contributed by atoms with E-state index in [1.54, 1.807) is 0 Å². The summed E-state index contributed by atoms with van der Waals surface area (Å²) in [5, 5.41) is 18.2. The minimum absolute atomic E-state index is 0.0945. The molecule has 0 fully saturated rings. The number of rotatable bonds is 6. The number of aliphatic hydroxyl groups excluding tert-OH is 1. The molecule has 1 heterocycles. The van der Waals surface area contributed by atoms with Gasteiger partial charge in [-0.05, 0) is 25.7 Å². The zero-order valence-corrected chi connectivity index (χ0v) is 9.79. The standard InChI is InChI=1S/C11H19N3O2/c1-8(7-15)4-3-5-12-11(16)10-6-13-14-9(10)2/h6,8,15H,3-5,7H2,1-2H3,(H,12,16)(H,13,14). The van der Waals surface area contributed by atoms with E-state index < -0.39 is 0 Å². The van der Waals surface area contributed by atoms with Gasteiger partial charge in [0.2, 0.25) is 0 Å². The van der Waals surface area contributed by atoms with Crippen LogP contribution in [0.5, 0.6) is 0 Å². The van der Waals surface area contributed by atoms with Gasteiger partial charge in [0, 0.05) is 18.8 Å². The summed E-state index contributed by atoms with van der Waals surface area (Å²) < 4.78 is 0. The van der Waals surface area contributed by atoms with Gasteiger partial charge in [-0.25, -0.2) is 0 Å². The predicted octanol–water partition coefficient (Wildman–Crippen LogP) is 0.857. The number of aryl methyl sites for hydroxylation is 1. The number of nitrogens with one attached hydrogen (secondary N) is 2. The van der Waals surface area contributed by atoms with Crippen LogP contribution < -0.4 is 5.32 Å². The number of amides is 1. The average molecular weight is 225 g/mol. The van der Waals surface area contributed by atoms with Gasteiger partial charge in [-0.15, -0.1) is 0 Å². The van der Waals surface area contributed by atoms with Crippen molar-refractivity contribution in [3.05, 3.63) is 17.5 Å². The van der Waals surface area contributed by atoms with Crippen LogP contribution in [0, 0.1) is 12.8 Å². The van der Waals surface area contributed by atoms with Gasteiger partial charge in [-0.2, -0.15) is 5.10 Å². The Hall–Kier alpha value is -1.36. The van der Waals surface area contributed by atoms with E-state index in [0.717, 1.165) is 18.5 Å². The van der Waals surface area contributed by atoms with E-state index in [1.165, 1.54) is 6.20 Å². The van der Waals surface area contributed by atoms with Crippen LogP contribution in [0.25, 0.3) is 0 Å². The lowest BCUT2D eigenvalue weighted by Gasteiger charge is -2.08. The van der Waals surface area contributed by atoms with E-state index in [9.17, 15) is 4.79 Å². The molecule has 1 aromatic heterocycles. The van der Waals surface area contributed by atoms with Crippen molar-refractivity contribution in [2.45, 2.75) is 26.7 Å². The molecule has 3 N–H and O–H groups in total. The van der Waals surface area contributed by atoms with Gasteiger partial charge < -0.3 is 10.4 Å². The van der Waals surface area contributed by atoms with Crippen LogP contribution in [0.2, 0.25) is 0 Å². The van der Waals surface area contributed by atoms with E-state index in [4.69, 9.17) is 5.11 Å². The predicted molar refractivity (Wildman–Crippen MR) is 61.1 cm³/mol. The molecule has 1 rings (SSSR count). The Morgan fingerprint density at radius 3 is 3.00 bits per heavy atom. The first-order valence-corrected chi connectivity index (χ1v) is 5.54. The highest BCUT2D eigenvalue weighted by Crippen LogP contribution is 2.04. The Morgan fingerprint density at radius 2 is 2.44 bits per heavy atom. The van der Waals surface area contributed by atoms with Crippen molar-refractivity contribution < 1.29 is 9.90 Å². The summed E-state index contributed by atoms with van der Waals surface area (Å²) in [5.74, 6) is 0.204. The van der Waals surface area contributed by atoms with E-state index in [-0.39, 0.29) is 12.5 Å². The van der Waals surface area contributed by atoms with E-state index in [2.05, 4.69) is 15.5 Å². The van der Waals surface area contributed by atoms with Crippen LogP contribution in [0.1, 0.15) is 35.8 Å². The van der Waals surface area contributed by atoms with Gasteiger partial charge in [-0.3, -0.25) is 9.89 Å². The van der Waals surface area contributed by atoms with Crippen molar-refractivity contribution in [2.24, 2.45) is 5.92 Å². The maximum atomic E-state index is 11.6. The molecule has 16 heavy (non-hydrogen) atoms. The molecular formula is C11H19N3O2. The second-order valence-electron chi connectivity index (χ2n) is 4.09. The highest BCUT2D eigenvalue weighted by Gasteiger charge is 2.09. The number of aromatic nitrogens is 2. The zero-order valence-electron chi connectivity index (χ0n) is 9.79. The normalized spacial score (nSPS) is 12.4. The number of hydrogen-bond acceptors (Lipinski definition) is 3. The molecule has 0 saturated heterocycles. The maximum absolute atomic E-state index is 11.6. The molecule has 90 valence electrons. The maximum Gasteiger partial charge on any atom is 0.254 e. The molecule has 0 aromatic carbocycles. The quantitative estimate of drug-likeness (QED) is 0.628. The lowest BCUT2D eigenvalue weighted by molar-refractivity contribution is 0.0951. The topological polar surface area (TPSA) is 78.0 Å². The van der Waals surface area contributed by atoms with E-state index >= 15 is 0 Å². The van der Waals surface area contributed by atoms with Crippen LogP contribution in [0.4, 0.5) is 0 Å². The number of carbonyl (C=O) groups excluding carboxylic acids is 1. The van der Waals surface area contributed by atoms with Gasteiger partial charge in [0.25, 0.3) is 5.91 Å². The van der Waals surface area contributed by atoms with Crippen LogP contribution in [-0.2, 0) is 0 Å². The van der Waals surface area contributed by atoms with E-state index in [0.29, 0.717) is 18.0 Å². The Balaban J connectivity index is 2.24. The summed E-state index contributed by atoms with van der Waals surface area (Å²) in [5.41, 5.74) is 1.37. The minimum atomic E-state index is -0.0945. The molecule has 0 bridgehead atoms. The molecule has 1 amide bonds. The smallest absolute Gasteiger partial charge is 0.254 e. The molecule has 1 aromatic rings.